The van der Waals surface area contributed by atoms with Gasteiger partial charge < -0.3 is 14.4 Å². The fourth-order valence-corrected chi connectivity index (χ4v) is 4.26. The average Bonchev–Trinajstić information content (AvgIpc) is 2.84. The molecule has 0 saturated heterocycles. The molecule has 0 aliphatic rings. The van der Waals surface area contributed by atoms with Gasteiger partial charge in [-0.2, -0.15) is 0 Å². The van der Waals surface area contributed by atoms with Crippen molar-refractivity contribution in [3.63, 3.8) is 0 Å². The molecule has 158 valence electrons. The Morgan fingerprint density at radius 2 is 1.00 bits per heavy atom. The van der Waals surface area contributed by atoms with E-state index < -0.39 is 0 Å². The molecule has 5 aromatic rings. The maximum atomic E-state index is 5.77. The summed E-state index contributed by atoms with van der Waals surface area (Å²) in [7, 11) is 3.45. The van der Waals surface area contributed by atoms with E-state index in [1.807, 2.05) is 12.1 Å². The number of rotatable bonds is 5. The molecule has 0 saturated carbocycles. The van der Waals surface area contributed by atoms with Crippen LogP contribution in [0.3, 0.4) is 0 Å². The smallest absolute Gasteiger partial charge is 0.128 e. The summed E-state index contributed by atoms with van der Waals surface area (Å²) in [6.45, 7) is 2.10. The molecule has 0 radical (unpaired) electrons. The van der Waals surface area contributed by atoms with E-state index in [1.165, 1.54) is 5.56 Å². The summed E-state index contributed by atoms with van der Waals surface area (Å²) in [6.07, 6.45) is 0. The van der Waals surface area contributed by atoms with E-state index in [-0.39, 0.29) is 0 Å². The molecule has 0 N–H and O–H groups in total. The maximum absolute atomic E-state index is 5.77. The first kappa shape index (κ1) is 20.0. The first-order chi connectivity index (χ1) is 15.7. The fraction of sp³-hybridized carbons (Fsp3) is 0.103. The van der Waals surface area contributed by atoms with Crippen LogP contribution in [0.15, 0.2) is 97.1 Å². The molecule has 5 aromatic carbocycles. The molecule has 0 aliphatic heterocycles. The number of aryl methyl sites for hydroxylation is 1. The summed E-state index contributed by atoms with van der Waals surface area (Å²) >= 11 is 0. The lowest BCUT2D eigenvalue weighted by Crippen LogP contribution is -2.10. The molecular weight excluding hydrogens is 394 g/mol. The number of hydrogen-bond donors (Lipinski definition) is 0. The highest BCUT2D eigenvalue weighted by Gasteiger charge is 2.17. The van der Waals surface area contributed by atoms with Crippen LogP contribution in [0.1, 0.15) is 5.56 Å². The van der Waals surface area contributed by atoms with Crippen LogP contribution in [0.5, 0.6) is 11.5 Å². The summed E-state index contributed by atoms with van der Waals surface area (Å²) in [4.78, 5) is 2.25. The van der Waals surface area contributed by atoms with Gasteiger partial charge in [-0.05, 0) is 42.0 Å². The Kier molecular flexibility index (Phi) is 5.16. The van der Waals surface area contributed by atoms with Crippen molar-refractivity contribution in [3.05, 3.63) is 103 Å². The number of methoxy groups -OCH3 is 2. The summed E-state index contributed by atoms with van der Waals surface area (Å²) in [5.41, 5.74) is 4.36. The van der Waals surface area contributed by atoms with Crippen molar-refractivity contribution >= 4 is 38.6 Å². The molecule has 3 heteroatoms. The number of hydrogen-bond acceptors (Lipinski definition) is 3. The van der Waals surface area contributed by atoms with Gasteiger partial charge in [-0.25, -0.2) is 0 Å². The Hall–Kier alpha value is -3.98. The van der Waals surface area contributed by atoms with Crippen LogP contribution < -0.4 is 14.4 Å². The van der Waals surface area contributed by atoms with E-state index in [1.54, 1.807) is 14.2 Å². The highest BCUT2D eigenvalue weighted by molar-refractivity contribution is 5.97. The first-order valence-corrected chi connectivity index (χ1v) is 10.7. The monoisotopic (exact) mass is 419 g/mol. The van der Waals surface area contributed by atoms with Crippen LogP contribution in [0.4, 0.5) is 17.1 Å². The van der Waals surface area contributed by atoms with Gasteiger partial charge >= 0.3 is 0 Å². The van der Waals surface area contributed by atoms with Gasteiger partial charge in [0.05, 0.1) is 25.6 Å². The molecule has 3 nitrogen and oxygen atoms in total. The number of benzene rings is 5. The van der Waals surface area contributed by atoms with Crippen molar-refractivity contribution in [2.75, 3.05) is 19.1 Å². The second kappa shape index (κ2) is 8.27. The Labute approximate surface area is 188 Å². The molecule has 0 aromatic heterocycles. The minimum atomic E-state index is 0.850. The lowest BCUT2D eigenvalue weighted by atomic mass is 10.0. The molecule has 0 atom stereocenters. The Balaban J connectivity index is 1.79. The molecule has 0 heterocycles. The van der Waals surface area contributed by atoms with Crippen LogP contribution in [0.25, 0.3) is 21.5 Å². The third kappa shape index (κ3) is 3.52. The summed E-state index contributed by atoms with van der Waals surface area (Å²) in [5.74, 6) is 1.70. The van der Waals surface area contributed by atoms with Crippen LogP contribution in [0.2, 0.25) is 0 Å². The molecular formula is C29H25NO2. The lowest BCUT2D eigenvalue weighted by Gasteiger charge is -2.27. The third-order valence-electron chi connectivity index (χ3n) is 5.87. The van der Waals surface area contributed by atoms with E-state index >= 15 is 0 Å². The number of fused-ring (bicyclic) bond motifs is 2. The van der Waals surface area contributed by atoms with E-state index in [4.69, 9.17) is 9.47 Å². The first-order valence-electron chi connectivity index (χ1n) is 10.7. The summed E-state index contributed by atoms with van der Waals surface area (Å²) in [5, 5.41) is 4.45. The van der Waals surface area contributed by atoms with Gasteiger partial charge in [0.1, 0.15) is 11.5 Å². The normalized spacial score (nSPS) is 11.0. The number of ether oxygens (including phenoxy) is 2. The molecule has 0 fully saturated rings. The fourth-order valence-electron chi connectivity index (χ4n) is 4.26. The zero-order chi connectivity index (χ0) is 22.1. The zero-order valence-electron chi connectivity index (χ0n) is 18.5. The van der Waals surface area contributed by atoms with E-state index in [9.17, 15) is 0 Å². The standard InChI is InChI=1S/C29H25NO2/c1-20-12-14-23(15-13-20)30(24-16-21-8-4-6-10-26(21)28(18-24)31-2)25-17-22-9-5-7-11-27(22)29(19-25)32-3/h4-19H,1-3H3. The maximum Gasteiger partial charge on any atom is 0.128 e. The zero-order valence-corrected chi connectivity index (χ0v) is 18.5. The third-order valence-corrected chi connectivity index (χ3v) is 5.87. The lowest BCUT2D eigenvalue weighted by molar-refractivity contribution is 0.419. The molecule has 0 spiro atoms. The molecule has 0 unspecified atom stereocenters. The van der Waals surface area contributed by atoms with Crippen molar-refractivity contribution in [2.24, 2.45) is 0 Å². The highest BCUT2D eigenvalue weighted by Crippen LogP contribution is 2.42. The largest absolute Gasteiger partial charge is 0.496 e. The van der Waals surface area contributed by atoms with Crippen LogP contribution in [-0.2, 0) is 0 Å². The van der Waals surface area contributed by atoms with E-state index in [0.717, 1.165) is 50.1 Å². The molecule has 0 aliphatic carbocycles. The Bertz CT molecular complexity index is 1320. The van der Waals surface area contributed by atoms with Crippen molar-refractivity contribution in [3.8, 4) is 11.5 Å². The quantitative estimate of drug-likeness (QED) is 0.290. The number of anilines is 3. The van der Waals surface area contributed by atoms with Gasteiger partial charge in [-0.3, -0.25) is 0 Å². The van der Waals surface area contributed by atoms with E-state index in [0.29, 0.717) is 0 Å². The van der Waals surface area contributed by atoms with Gasteiger partial charge in [0.2, 0.25) is 0 Å². The minimum Gasteiger partial charge on any atom is -0.496 e. The second-order valence-corrected chi connectivity index (χ2v) is 7.91. The van der Waals surface area contributed by atoms with Gasteiger partial charge in [-0.15, -0.1) is 0 Å². The SMILES string of the molecule is COc1cc(N(c2ccc(C)cc2)c2cc(OC)c3ccccc3c2)cc2ccccc12. The van der Waals surface area contributed by atoms with E-state index in [2.05, 4.69) is 96.8 Å². The van der Waals surface area contributed by atoms with Crippen LogP contribution in [0, 0.1) is 6.92 Å². The van der Waals surface area contributed by atoms with Crippen molar-refractivity contribution < 1.29 is 9.47 Å². The molecule has 5 rings (SSSR count). The number of nitrogens with zero attached hydrogens (tertiary/aromatic N) is 1. The highest BCUT2D eigenvalue weighted by atomic mass is 16.5. The van der Waals surface area contributed by atoms with Gasteiger partial charge in [-0.1, -0.05) is 66.2 Å². The predicted octanol–water partition coefficient (Wildman–Crippen LogP) is 7.79. The summed E-state index contributed by atoms with van der Waals surface area (Å²) in [6, 6.07) is 33.8. The molecule has 0 bridgehead atoms. The Morgan fingerprint density at radius 1 is 0.531 bits per heavy atom. The minimum absolute atomic E-state index is 0.850. The second-order valence-electron chi connectivity index (χ2n) is 7.91. The van der Waals surface area contributed by atoms with Gasteiger partial charge in [0.15, 0.2) is 0 Å². The summed E-state index contributed by atoms with van der Waals surface area (Å²) < 4.78 is 11.5. The topological polar surface area (TPSA) is 21.7 Å². The molecule has 32 heavy (non-hydrogen) atoms. The average molecular weight is 420 g/mol. The predicted molar refractivity (Wildman–Crippen MR) is 134 cm³/mol. The van der Waals surface area contributed by atoms with Gasteiger partial charge in [0, 0.05) is 28.6 Å². The van der Waals surface area contributed by atoms with Crippen molar-refractivity contribution in [1.29, 1.82) is 0 Å². The van der Waals surface area contributed by atoms with Crippen molar-refractivity contribution in [1.82, 2.24) is 0 Å². The van der Waals surface area contributed by atoms with Crippen LogP contribution in [-0.4, -0.2) is 14.2 Å². The van der Waals surface area contributed by atoms with Crippen LogP contribution >= 0.6 is 0 Å². The Morgan fingerprint density at radius 3 is 1.47 bits per heavy atom. The van der Waals surface area contributed by atoms with Crippen molar-refractivity contribution in [2.45, 2.75) is 6.92 Å². The molecule has 0 amide bonds. The van der Waals surface area contributed by atoms with Gasteiger partial charge in [0.25, 0.3) is 0 Å².